The first-order chi connectivity index (χ1) is 8.72. The third-order valence-corrected chi connectivity index (χ3v) is 2.63. The molecule has 1 atom stereocenters. The van der Waals surface area contributed by atoms with Gasteiger partial charge >= 0.3 is 0 Å². The molecule has 1 aromatic heterocycles. The molecule has 0 aliphatic heterocycles. The standard InChI is InChI=1S/C14H15NO3/c1-3-12(16)13-10(2)14(15-18-13)17-9-11-7-5-4-6-8-11/h3-8,12,16H,1,9H2,2H3/t12-/m0/s1. The van der Waals surface area contributed by atoms with Crippen molar-refractivity contribution < 1.29 is 14.4 Å². The highest BCUT2D eigenvalue weighted by molar-refractivity contribution is 5.29. The molecule has 0 unspecified atom stereocenters. The molecular weight excluding hydrogens is 230 g/mol. The van der Waals surface area contributed by atoms with Crippen molar-refractivity contribution in [2.75, 3.05) is 0 Å². The molecular formula is C14H15NO3. The lowest BCUT2D eigenvalue weighted by molar-refractivity contribution is 0.180. The first-order valence-corrected chi connectivity index (χ1v) is 5.66. The van der Waals surface area contributed by atoms with Gasteiger partial charge in [-0.3, -0.25) is 0 Å². The Labute approximate surface area is 105 Å². The van der Waals surface area contributed by atoms with E-state index in [1.165, 1.54) is 6.08 Å². The molecule has 1 N–H and O–H groups in total. The number of rotatable bonds is 5. The van der Waals surface area contributed by atoms with Crippen LogP contribution in [0.5, 0.6) is 5.88 Å². The summed E-state index contributed by atoms with van der Waals surface area (Å²) in [6.45, 7) is 5.71. The van der Waals surface area contributed by atoms with Crippen LogP contribution in [-0.2, 0) is 6.61 Å². The van der Waals surface area contributed by atoms with Gasteiger partial charge < -0.3 is 14.4 Å². The Balaban J connectivity index is 2.07. The van der Waals surface area contributed by atoms with E-state index < -0.39 is 6.10 Å². The largest absolute Gasteiger partial charge is 0.470 e. The Kier molecular flexibility index (Phi) is 3.79. The summed E-state index contributed by atoms with van der Waals surface area (Å²) in [5, 5.41) is 13.4. The van der Waals surface area contributed by atoms with E-state index in [4.69, 9.17) is 9.26 Å². The average Bonchev–Trinajstić information content (AvgIpc) is 2.78. The summed E-state index contributed by atoms with van der Waals surface area (Å²) in [6, 6.07) is 9.77. The topological polar surface area (TPSA) is 55.5 Å². The summed E-state index contributed by atoms with van der Waals surface area (Å²) in [6.07, 6.45) is 0.528. The van der Waals surface area contributed by atoms with E-state index in [1.807, 2.05) is 30.3 Å². The van der Waals surface area contributed by atoms with Gasteiger partial charge in [0.2, 0.25) is 0 Å². The zero-order chi connectivity index (χ0) is 13.0. The lowest BCUT2D eigenvalue weighted by atomic mass is 10.2. The Bertz CT molecular complexity index is 519. The molecule has 0 aliphatic rings. The molecule has 0 spiro atoms. The summed E-state index contributed by atoms with van der Waals surface area (Å²) in [4.78, 5) is 0. The van der Waals surface area contributed by atoms with E-state index in [0.29, 0.717) is 23.8 Å². The van der Waals surface area contributed by atoms with E-state index in [0.717, 1.165) is 5.56 Å². The molecule has 0 saturated carbocycles. The van der Waals surface area contributed by atoms with E-state index in [-0.39, 0.29) is 0 Å². The van der Waals surface area contributed by atoms with Gasteiger partial charge in [-0.1, -0.05) is 36.4 Å². The molecule has 0 saturated heterocycles. The maximum Gasteiger partial charge on any atom is 0.257 e. The van der Waals surface area contributed by atoms with Crippen LogP contribution in [0, 0.1) is 6.92 Å². The van der Waals surface area contributed by atoms with E-state index in [2.05, 4.69) is 11.7 Å². The van der Waals surface area contributed by atoms with Crippen LogP contribution >= 0.6 is 0 Å². The fourth-order valence-corrected chi connectivity index (χ4v) is 1.58. The van der Waals surface area contributed by atoms with Crippen LogP contribution in [0.4, 0.5) is 0 Å². The second-order valence-electron chi connectivity index (χ2n) is 3.93. The van der Waals surface area contributed by atoms with Crippen LogP contribution in [0.15, 0.2) is 47.5 Å². The molecule has 1 aromatic carbocycles. The predicted octanol–water partition coefficient (Wildman–Crippen LogP) is 2.78. The van der Waals surface area contributed by atoms with Gasteiger partial charge in [0.1, 0.15) is 12.7 Å². The molecule has 0 bridgehead atoms. The first-order valence-electron chi connectivity index (χ1n) is 5.66. The molecule has 2 rings (SSSR count). The van der Waals surface area contributed by atoms with Crippen LogP contribution < -0.4 is 4.74 Å². The van der Waals surface area contributed by atoms with Crippen LogP contribution in [0.2, 0.25) is 0 Å². The molecule has 0 aliphatic carbocycles. The van der Waals surface area contributed by atoms with Crippen LogP contribution in [0.25, 0.3) is 0 Å². The third kappa shape index (κ3) is 2.60. The second kappa shape index (κ2) is 5.51. The summed E-state index contributed by atoms with van der Waals surface area (Å²) in [7, 11) is 0. The number of hydrogen-bond donors (Lipinski definition) is 1. The number of aromatic nitrogens is 1. The smallest absolute Gasteiger partial charge is 0.257 e. The Morgan fingerprint density at radius 2 is 2.17 bits per heavy atom. The van der Waals surface area contributed by atoms with Gasteiger partial charge in [-0.25, -0.2) is 0 Å². The molecule has 0 amide bonds. The predicted molar refractivity (Wildman–Crippen MR) is 67.2 cm³/mol. The van der Waals surface area contributed by atoms with Gasteiger partial charge in [0, 0.05) is 0 Å². The van der Waals surface area contributed by atoms with E-state index in [9.17, 15) is 5.11 Å². The highest BCUT2D eigenvalue weighted by atomic mass is 16.5. The lowest BCUT2D eigenvalue weighted by Gasteiger charge is -2.04. The first kappa shape index (κ1) is 12.4. The SMILES string of the molecule is C=C[C@H](O)c1onc(OCc2ccccc2)c1C. The highest BCUT2D eigenvalue weighted by Gasteiger charge is 2.18. The highest BCUT2D eigenvalue weighted by Crippen LogP contribution is 2.26. The van der Waals surface area contributed by atoms with Crippen molar-refractivity contribution in [3.05, 3.63) is 59.9 Å². The fourth-order valence-electron chi connectivity index (χ4n) is 1.58. The van der Waals surface area contributed by atoms with Crippen LogP contribution in [-0.4, -0.2) is 10.3 Å². The molecule has 1 heterocycles. The molecule has 94 valence electrons. The summed E-state index contributed by atoms with van der Waals surface area (Å²) < 4.78 is 10.6. The number of nitrogens with zero attached hydrogens (tertiary/aromatic N) is 1. The van der Waals surface area contributed by atoms with Crippen molar-refractivity contribution in [3.8, 4) is 5.88 Å². The minimum absolute atomic E-state index is 0.369. The Morgan fingerprint density at radius 3 is 2.83 bits per heavy atom. The minimum atomic E-state index is -0.855. The monoisotopic (exact) mass is 245 g/mol. The second-order valence-corrected chi connectivity index (χ2v) is 3.93. The van der Waals surface area contributed by atoms with E-state index in [1.54, 1.807) is 6.92 Å². The fraction of sp³-hybridized carbons (Fsp3) is 0.214. The van der Waals surface area contributed by atoms with Gasteiger partial charge in [-0.15, -0.1) is 6.58 Å². The van der Waals surface area contributed by atoms with Gasteiger partial charge in [0.25, 0.3) is 5.88 Å². The van der Waals surface area contributed by atoms with Gasteiger partial charge in [0.05, 0.1) is 5.56 Å². The molecule has 18 heavy (non-hydrogen) atoms. The number of hydrogen-bond acceptors (Lipinski definition) is 4. The van der Waals surface area contributed by atoms with Crippen molar-refractivity contribution in [1.29, 1.82) is 0 Å². The molecule has 4 heteroatoms. The van der Waals surface area contributed by atoms with Crippen molar-refractivity contribution in [2.45, 2.75) is 19.6 Å². The van der Waals surface area contributed by atoms with Gasteiger partial charge in [-0.05, 0) is 17.6 Å². The normalized spacial score (nSPS) is 12.1. The quantitative estimate of drug-likeness (QED) is 0.823. The molecule has 2 aromatic rings. The number of benzene rings is 1. The molecule has 0 radical (unpaired) electrons. The molecule has 0 fully saturated rings. The third-order valence-electron chi connectivity index (χ3n) is 2.63. The maximum absolute atomic E-state index is 9.60. The number of ether oxygens (including phenoxy) is 1. The number of aliphatic hydroxyl groups is 1. The summed E-state index contributed by atoms with van der Waals surface area (Å²) >= 11 is 0. The number of aliphatic hydroxyl groups excluding tert-OH is 1. The zero-order valence-corrected chi connectivity index (χ0v) is 10.2. The van der Waals surface area contributed by atoms with E-state index >= 15 is 0 Å². The summed E-state index contributed by atoms with van der Waals surface area (Å²) in [5.74, 6) is 0.766. The average molecular weight is 245 g/mol. The van der Waals surface area contributed by atoms with Crippen LogP contribution in [0.1, 0.15) is 23.0 Å². The maximum atomic E-state index is 9.60. The minimum Gasteiger partial charge on any atom is -0.470 e. The lowest BCUT2D eigenvalue weighted by Crippen LogP contribution is -1.97. The van der Waals surface area contributed by atoms with Crippen molar-refractivity contribution in [2.24, 2.45) is 0 Å². The Hall–Kier alpha value is -2.07. The van der Waals surface area contributed by atoms with Crippen molar-refractivity contribution >= 4 is 0 Å². The van der Waals surface area contributed by atoms with Gasteiger partial charge in [-0.2, -0.15) is 0 Å². The zero-order valence-electron chi connectivity index (χ0n) is 10.2. The van der Waals surface area contributed by atoms with Crippen molar-refractivity contribution in [1.82, 2.24) is 5.16 Å². The molecule has 4 nitrogen and oxygen atoms in total. The van der Waals surface area contributed by atoms with Crippen LogP contribution in [0.3, 0.4) is 0 Å². The Morgan fingerprint density at radius 1 is 1.44 bits per heavy atom. The summed E-state index contributed by atoms with van der Waals surface area (Å²) in [5.41, 5.74) is 1.74. The van der Waals surface area contributed by atoms with Gasteiger partial charge in [0.15, 0.2) is 5.76 Å². The van der Waals surface area contributed by atoms with Crippen molar-refractivity contribution in [3.63, 3.8) is 0 Å².